The predicted molar refractivity (Wildman–Crippen MR) is 92.8 cm³/mol. The summed E-state index contributed by atoms with van der Waals surface area (Å²) in [6, 6.07) is 8.49. The van der Waals surface area contributed by atoms with E-state index in [1.165, 1.54) is 11.9 Å². The number of nitrogens with zero attached hydrogens (tertiary/aromatic N) is 4. The maximum atomic E-state index is 4.43. The Kier molecular flexibility index (Phi) is 4.41. The van der Waals surface area contributed by atoms with Crippen molar-refractivity contribution in [1.82, 2.24) is 19.6 Å². The lowest BCUT2D eigenvalue weighted by Crippen LogP contribution is -2.10. The van der Waals surface area contributed by atoms with Gasteiger partial charge in [0.2, 0.25) is 0 Å². The summed E-state index contributed by atoms with van der Waals surface area (Å²) >= 11 is 0. The van der Waals surface area contributed by atoms with Gasteiger partial charge in [-0.05, 0) is 38.0 Å². The second-order valence-electron chi connectivity index (χ2n) is 5.62. The Morgan fingerprint density at radius 2 is 1.87 bits per heavy atom. The van der Waals surface area contributed by atoms with Crippen molar-refractivity contribution in [2.75, 3.05) is 17.2 Å². The molecule has 23 heavy (non-hydrogen) atoms. The summed E-state index contributed by atoms with van der Waals surface area (Å²) in [6.07, 6.45) is 2.65. The number of rotatable bonds is 6. The van der Waals surface area contributed by atoms with E-state index in [1.54, 1.807) is 4.52 Å². The lowest BCUT2D eigenvalue weighted by molar-refractivity contribution is 0.903. The molecule has 0 atom stereocenters. The quantitative estimate of drug-likeness (QED) is 0.732. The molecule has 0 spiro atoms. The third kappa shape index (κ3) is 3.26. The van der Waals surface area contributed by atoms with Gasteiger partial charge in [0.1, 0.15) is 12.1 Å². The van der Waals surface area contributed by atoms with Crippen molar-refractivity contribution in [3.63, 3.8) is 0 Å². The standard InChI is InChI=1S/C17H22N6/c1-4-9-18-15-7-5-14(6-8-15)10-19-16-12(2)13(3)22-17-20-11-21-23(16)17/h5-8,11,18-19H,4,9-10H2,1-3H3. The van der Waals surface area contributed by atoms with Crippen molar-refractivity contribution in [2.24, 2.45) is 0 Å². The molecule has 1 aromatic carbocycles. The first kappa shape index (κ1) is 15.3. The summed E-state index contributed by atoms with van der Waals surface area (Å²) < 4.78 is 1.75. The molecule has 3 rings (SSSR count). The van der Waals surface area contributed by atoms with Crippen LogP contribution in [0.3, 0.4) is 0 Å². The van der Waals surface area contributed by atoms with Gasteiger partial charge in [-0.15, -0.1) is 0 Å². The fourth-order valence-electron chi connectivity index (χ4n) is 2.44. The molecule has 0 amide bonds. The smallest absolute Gasteiger partial charge is 0.254 e. The number of fused-ring (bicyclic) bond motifs is 1. The molecule has 3 aromatic rings. The number of aryl methyl sites for hydroxylation is 1. The summed E-state index contributed by atoms with van der Waals surface area (Å²) in [7, 11) is 0. The average molecular weight is 310 g/mol. The van der Waals surface area contributed by atoms with Gasteiger partial charge in [-0.1, -0.05) is 19.1 Å². The summed E-state index contributed by atoms with van der Waals surface area (Å²) in [4.78, 5) is 8.60. The molecule has 2 heterocycles. The van der Waals surface area contributed by atoms with Crippen LogP contribution in [0, 0.1) is 13.8 Å². The van der Waals surface area contributed by atoms with E-state index in [1.807, 2.05) is 13.8 Å². The first-order valence-electron chi connectivity index (χ1n) is 7.92. The molecule has 0 saturated heterocycles. The zero-order valence-corrected chi connectivity index (χ0v) is 13.8. The van der Waals surface area contributed by atoms with Gasteiger partial charge in [-0.2, -0.15) is 14.6 Å². The molecule has 0 unspecified atom stereocenters. The van der Waals surface area contributed by atoms with Gasteiger partial charge in [0, 0.05) is 30.0 Å². The molecule has 0 fully saturated rings. The highest BCUT2D eigenvalue weighted by atomic mass is 15.4. The van der Waals surface area contributed by atoms with Crippen LogP contribution in [0.25, 0.3) is 5.78 Å². The van der Waals surface area contributed by atoms with Crippen molar-refractivity contribution in [3.05, 3.63) is 47.4 Å². The minimum absolute atomic E-state index is 0.620. The maximum Gasteiger partial charge on any atom is 0.254 e. The second-order valence-corrected chi connectivity index (χ2v) is 5.62. The highest BCUT2D eigenvalue weighted by Gasteiger charge is 2.10. The SMILES string of the molecule is CCCNc1ccc(CNc2c(C)c(C)nc3ncnn23)cc1. The van der Waals surface area contributed by atoms with Crippen molar-refractivity contribution < 1.29 is 0 Å². The van der Waals surface area contributed by atoms with Gasteiger partial charge in [0.25, 0.3) is 5.78 Å². The van der Waals surface area contributed by atoms with Gasteiger partial charge in [0.15, 0.2) is 0 Å². The van der Waals surface area contributed by atoms with Crippen LogP contribution in [0.15, 0.2) is 30.6 Å². The summed E-state index contributed by atoms with van der Waals surface area (Å²) in [5.74, 6) is 1.56. The maximum absolute atomic E-state index is 4.43. The molecule has 120 valence electrons. The third-order valence-corrected chi connectivity index (χ3v) is 3.90. The van der Waals surface area contributed by atoms with E-state index in [9.17, 15) is 0 Å². The highest BCUT2D eigenvalue weighted by molar-refractivity contribution is 5.52. The monoisotopic (exact) mass is 310 g/mol. The van der Waals surface area contributed by atoms with Crippen LogP contribution < -0.4 is 10.6 Å². The fourth-order valence-corrected chi connectivity index (χ4v) is 2.44. The largest absolute Gasteiger partial charge is 0.385 e. The van der Waals surface area contributed by atoms with Gasteiger partial charge in [0.05, 0.1) is 0 Å². The normalized spacial score (nSPS) is 10.9. The Morgan fingerprint density at radius 1 is 1.09 bits per heavy atom. The van der Waals surface area contributed by atoms with Gasteiger partial charge < -0.3 is 10.6 Å². The first-order valence-corrected chi connectivity index (χ1v) is 7.92. The van der Waals surface area contributed by atoms with Crippen molar-refractivity contribution >= 4 is 17.3 Å². The van der Waals surface area contributed by atoms with E-state index < -0.39 is 0 Å². The van der Waals surface area contributed by atoms with Gasteiger partial charge >= 0.3 is 0 Å². The van der Waals surface area contributed by atoms with Crippen LogP contribution in [-0.4, -0.2) is 26.1 Å². The Hall–Kier alpha value is -2.63. The Labute approximate surface area is 136 Å². The van der Waals surface area contributed by atoms with Crippen molar-refractivity contribution in [2.45, 2.75) is 33.7 Å². The highest BCUT2D eigenvalue weighted by Crippen LogP contribution is 2.19. The Balaban J connectivity index is 1.75. The lowest BCUT2D eigenvalue weighted by Gasteiger charge is -2.13. The van der Waals surface area contributed by atoms with Crippen molar-refractivity contribution in [1.29, 1.82) is 0 Å². The summed E-state index contributed by atoms with van der Waals surface area (Å²) in [5.41, 5.74) is 4.43. The molecule has 0 aliphatic carbocycles. The van der Waals surface area contributed by atoms with Gasteiger partial charge in [-0.3, -0.25) is 0 Å². The number of hydrogen-bond donors (Lipinski definition) is 2. The number of nitrogens with one attached hydrogen (secondary N) is 2. The molecular weight excluding hydrogens is 288 g/mol. The van der Waals surface area contributed by atoms with Crippen LogP contribution in [0.1, 0.15) is 30.2 Å². The molecule has 6 nitrogen and oxygen atoms in total. The zero-order valence-electron chi connectivity index (χ0n) is 13.8. The minimum Gasteiger partial charge on any atom is -0.385 e. The lowest BCUT2D eigenvalue weighted by atomic mass is 10.2. The topological polar surface area (TPSA) is 67.1 Å². The number of benzene rings is 1. The number of anilines is 2. The van der Waals surface area contributed by atoms with E-state index in [0.29, 0.717) is 5.78 Å². The molecule has 0 aliphatic heterocycles. The molecule has 0 aliphatic rings. The van der Waals surface area contributed by atoms with E-state index in [2.05, 4.69) is 56.9 Å². The predicted octanol–water partition coefficient (Wildman–Crippen LogP) is 3.18. The molecule has 0 radical (unpaired) electrons. The van der Waals surface area contributed by atoms with Crippen LogP contribution >= 0.6 is 0 Å². The molecule has 2 N–H and O–H groups in total. The fraction of sp³-hybridized carbons (Fsp3) is 0.353. The van der Waals surface area contributed by atoms with E-state index >= 15 is 0 Å². The average Bonchev–Trinajstić information content (AvgIpc) is 3.02. The Morgan fingerprint density at radius 3 is 2.61 bits per heavy atom. The number of hydrogen-bond acceptors (Lipinski definition) is 5. The second kappa shape index (κ2) is 6.64. The Bertz CT molecular complexity index is 791. The van der Waals surface area contributed by atoms with Gasteiger partial charge in [-0.25, -0.2) is 4.98 Å². The molecule has 6 heteroatoms. The van der Waals surface area contributed by atoms with E-state index in [4.69, 9.17) is 0 Å². The van der Waals surface area contributed by atoms with Crippen LogP contribution in [-0.2, 0) is 6.54 Å². The molecular formula is C17H22N6. The summed E-state index contributed by atoms with van der Waals surface area (Å²) in [6.45, 7) is 7.92. The van der Waals surface area contributed by atoms with Crippen LogP contribution in [0.5, 0.6) is 0 Å². The number of aromatic nitrogens is 4. The molecule has 0 bridgehead atoms. The van der Waals surface area contributed by atoms with E-state index in [-0.39, 0.29) is 0 Å². The van der Waals surface area contributed by atoms with E-state index in [0.717, 1.165) is 42.3 Å². The van der Waals surface area contributed by atoms with Crippen LogP contribution in [0.4, 0.5) is 11.5 Å². The summed E-state index contributed by atoms with van der Waals surface area (Å²) in [5, 5.41) is 11.1. The zero-order chi connectivity index (χ0) is 16.2. The molecule has 2 aromatic heterocycles. The molecule has 0 saturated carbocycles. The van der Waals surface area contributed by atoms with Crippen molar-refractivity contribution in [3.8, 4) is 0 Å². The first-order chi connectivity index (χ1) is 11.2. The van der Waals surface area contributed by atoms with Crippen LogP contribution in [0.2, 0.25) is 0 Å². The third-order valence-electron chi connectivity index (χ3n) is 3.90. The minimum atomic E-state index is 0.620.